The van der Waals surface area contributed by atoms with Crippen molar-refractivity contribution in [1.29, 1.82) is 0 Å². The van der Waals surface area contributed by atoms with Crippen LogP contribution in [0.1, 0.15) is 18.4 Å². The Morgan fingerprint density at radius 3 is 2.84 bits per heavy atom. The highest BCUT2D eigenvalue weighted by atomic mass is 32.2. The van der Waals surface area contributed by atoms with Crippen LogP contribution in [0, 0.1) is 11.7 Å². The quantitative estimate of drug-likeness (QED) is 0.765. The molecule has 5 rings (SSSR count). The van der Waals surface area contributed by atoms with Crippen LogP contribution in [0.15, 0.2) is 76.6 Å². The van der Waals surface area contributed by atoms with Crippen LogP contribution in [-0.4, -0.2) is 33.2 Å². The zero-order valence-electron chi connectivity index (χ0n) is 16.9. The first-order chi connectivity index (χ1) is 15.0. The summed E-state index contributed by atoms with van der Waals surface area (Å²) in [6, 6.07) is 13.2. The van der Waals surface area contributed by atoms with Crippen LogP contribution < -0.4 is 10.1 Å². The summed E-state index contributed by atoms with van der Waals surface area (Å²) in [5, 5.41) is 3.49. The Kier molecular flexibility index (Phi) is 5.42. The van der Waals surface area contributed by atoms with E-state index in [1.807, 2.05) is 36.4 Å². The Balaban J connectivity index is 1.38. The number of ether oxygens (including phenoxy) is 2. The highest BCUT2D eigenvalue weighted by molar-refractivity contribution is 7.95. The lowest BCUT2D eigenvalue weighted by molar-refractivity contribution is 0.0457. The lowest BCUT2D eigenvalue weighted by Gasteiger charge is -2.28. The summed E-state index contributed by atoms with van der Waals surface area (Å²) in [7, 11) is -3.91. The highest BCUT2D eigenvalue weighted by Crippen LogP contribution is 2.38. The van der Waals surface area contributed by atoms with Crippen molar-refractivity contribution in [2.24, 2.45) is 5.92 Å². The smallest absolute Gasteiger partial charge is 0.206 e. The summed E-state index contributed by atoms with van der Waals surface area (Å²) in [5.41, 5.74) is 0.911. The van der Waals surface area contributed by atoms with E-state index in [1.54, 1.807) is 12.2 Å². The molecule has 5 nitrogen and oxygen atoms in total. The molecule has 2 saturated heterocycles. The molecule has 1 aliphatic carbocycles. The minimum Gasteiger partial charge on any atom is -0.489 e. The van der Waals surface area contributed by atoms with Crippen LogP contribution in [-0.2, 0) is 21.2 Å². The van der Waals surface area contributed by atoms with Gasteiger partial charge in [-0.3, -0.25) is 0 Å². The van der Waals surface area contributed by atoms with Crippen molar-refractivity contribution in [3.63, 3.8) is 0 Å². The number of sulfone groups is 1. The first-order valence-corrected chi connectivity index (χ1v) is 12.0. The maximum absolute atomic E-state index is 14.3. The second kappa shape index (κ2) is 8.22. The topological polar surface area (TPSA) is 64.6 Å². The summed E-state index contributed by atoms with van der Waals surface area (Å²) in [5.74, 6) is -0.371. The van der Waals surface area contributed by atoms with Gasteiger partial charge in [-0.2, -0.15) is 0 Å². The number of hydrogen-bond acceptors (Lipinski definition) is 5. The number of fused-ring (bicyclic) bond motifs is 3. The van der Waals surface area contributed by atoms with Crippen LogP contribution in [0.3, 0.4) is 0 Å². The predicted molar refractivity (Wildman–Crippen MR) is 115 cm³/mol. The number of hydrogen-bond donors (Lipinski definition) is 1. The molecular weight excluding hydrogens is 417 g/mol. The molecule has 31 heavy (non-hydrogen) atoms. The van der Waals surface area contributed by atoms with Crippen molar-refractivity contribution in [2.75, 3.05) is 6.54 Å². The van der Waals surface area contributed by atoms with E-state index in [1.165, 1.54) is 12.1 Å². The molecule has 0 amide bonds. The maximum atomic E-state index is 14.3. The van der Waals surface area contributed by atoms with Crippen LogP contribution in [0.2, 0.25) is 0 Å². The normalized spacial score (nSPS) is 27.3. The summed E-state index contributed by atoms with van der Waals surface area (Å²) in [6.07, 6.45) is 7.02. The average molecular weight is 442 g/mol. The van der Waals surface area contributed by atoms with Crippen LogP contribution >= 0.6 is 0 Å². The molecule has 3 aliphatic rings. The van der Waals surface area contributed by atoms with Crippen molar-refractivity contribution < 1.29 is 22.3 Å². The predicted octanol–water partition coefficient (Wildman–Crippen LogP) is 3.77. The second-order valence-corrected chi connectivity index (χ2v) is 10.1. The van der Waals surface area contributed by atoms with Gasteiger partial charge in [-0.1, -0.05) is 36.4 Å². The molecule has 2 heterocycles. The van der Waals surface area contributed by atoms with E-state index in [2.05, 4.69) is 5.32 Å². The van der Waals surface area contributed by atoms with Gasteiger partial charge in [0.15, 0.2) is 0 Å². The van der Waals surface area contributed by atoms with E-state index < -0.39 is 15.7 Å². The number of halogens is 1. The number of piperidine rings is 1. The third kappa shape index (κ3) is 4.05. The molecular formula is C24H24FNO4S. The molecule has 4 unspecified atom stereocenters. The molecule has 2 aromatic rings. The molecule has 2 aliphatic heterocycles. The van der Waals surface area contributed by atoms with E-state index >= 15 is 0 Å². The Morgan fingerprint density at radius 1 is 1.16 bits per heavy atom. The van der Waals surface area contributed by atoms with E-state index in [0.717, 1.165) is 31.0 Å². The average Bonchev–Trinajstić information content (AvgIpc) is 3.16. The van der Waals surface area contributed by atoms with E-state index in [-0.39, 0.29) is 46.3 Å². The van der Waals surface area contributed by atoms with Gasteiger partial charge in [0.25, 0.3) is 0 Å². The lowest BCUT2D eigenvalue weighted by Crippen LogP contribution is -2.45. The Morgan fingerprint density at radius 2 is 2.00 bits per heavy atom. The van der Waals surface area contributed by atoms with E-state index in [9.17, 15) is 12.8 Å². The largest absolute Gasteiger partial charge is 0.489 e. The van der Waals surface area contributed by atoms with Gasteiger partial charge >= 0.3 is 0 Å². The lowest BCUT2D eigenvalue weighted by atomic mass is 9.87. The molecule has 7 heteroatoms. The van der Waals surface area contributed by atoms with Crippen molar-refractivity contribution in [2.45, 2.75) is 42.6 Å². The fraction of sp³-hybridized carbons (Fsp3) is 0.333. The van der Waals surface area contributed by atoms with Crippen LogP contribution in [0.4, 0.5) is 4.39 Å². The van der Waals surface area contributed by atoms with Crippen molar-refractivity contribution >= 4 is 9.84 Å². The Labute approximate surface area is 181 Å². The third-order valence-electron chi connectivity index (χ3n) is 6.10. The molecule has 1 N–H and O–H groups in total. The fourth-order valence-electron chi connectivity index (χ4n) is 4.55. The highest BCUT2D eigenvalue weighted by Gasteiger charge is 2.45. The molecule has 0 saturated carbocycles. The van der Waals surface area contributed by atoms with Gasteiger partial charge in [-0.25, -0.2) is 12.8 Å². The van der Waals surface area contributed by atoms with Gasteiger partial charge in [0.1, 0.15) is 18.2 Å². The summed E-state index contributed by atoms with van der Waals surface area (Å²) < 4.78 is 52.5. The molecule has 0 aromatic heterocycles. The minimum absolute atomic E-state index is 0.0962. The fourth-order valence-corrected chi connectivity index (χ4v) is 5.93. The molecule has 162 valence electrons. The first-order valence-electron chi connectivity index (χ1n) is 10.5. The van der Waals surface area contributed by atoms with Crippen LogP contribution in [0.25, 0.3) is 0 Å². The number of nitrogens with one attached hydrogen (secondary N) is 1. The molecule has 0 spiro atoms. The SMILES string of the molecule is O=S(=O)(C1=CC2OC3CCCNC3C2C=C1)c1cc(F)cc(OCc2ccccc2)c1. The molecule has 0 radical (unpaired) electrons. The number of allylic oxidation sites excluding steroid dienone is 1. The standard InChI is InChI=1S/C24H24FNO4S/c25-17-11-18(29-15-16-5-2-1-3-6-16)13-20(12-17)31(27,28)19-8-9-21-23(14-19)30-22-7-4-10-26-24(21)22/h1-3,5-6,8-9,11-14,21-24,26H,4,7,10,15H2. The van der Waals surface area contributed by atoms with Gasteiger partial charge in [-0.15, -0.1) is 0 Å². The van der Waals surface area contributed by atoms with Gasteiger partial charge < -0.3 is 14.8 Å². The Hall–Kier alpha value is -2.48. The van der Waals surface area contributed by atoms with Gasteiger partial charge in [0.2, 0.25) is 9.84 Å². The van der Waals surface area contributed by atoms with Crippen LogP contribution in [0.5, 0.6) is 5.75 Å². The first kappa shape index (κ1) is 20.4. The molecule has 4 atom stereocenters. The van der Waals surface area contributed by atoms with E-state index in [0.29, 0.717) is 0 Å². The Bertz CT molecular complexity index is 1130. The molecule has 2 fully saturated rings. The summed E-state index contributed by atoms with van der Waals surface area (Å²) >= 11 is 0. The second-order valence-electron chi connectivity index (χ2n) is 8.17. The monoisotopic (exact) mass is 441 g/mol. The van der Waals surface area contributed by atoms with Crippen molar-refractivity contribution in [1.82, 2.24) is 5.32 Å². The molecule has 0 bridgehead atoms. The minimum atomic E-state index is -3.91. The van der Waals surface area contributed by atoms with Crippen molar-refractivity contribution in [3.8, 4) is 5.75 Å². The summed E-state index contributed by atoms with van der Waals surface area (Å²) in [4.78, 5) is 0.00505. The molecule has 2 aromatic carbocycles. The zero-order chi connectivity index (χ0) is 21.4. The van der Waals surface area contributed by atoms with Gasteiger partial charge in [0, 0.05) is 18.0 Å². The van der Waals surface area contributed by atoms with Crippen molar-refractivity contribution in [3.05, 3.63) is 83.0 Å². The number of benzene rings is 2. The summed E-state index contributed by atoms with van der Waals surface area (Å²) in [6.45, 7) is 1.17. The number of rotatable bonds is 5. The van der Waals surface area contributed by atoms with Gasteiger partial charge in [0.05, 0.1) is 22.0 Å². The van der Waals surface area contributed by atoms with Gasteiger partial charge in [-0.05, 0) is 49.2 Å². The van der Waals surface area contributed by atoms with E-state index in [4.69, 9.17) is 9.47 Å². The zero-order valence-corrected chi connectivity index (χ0v) is 17.7. The maximum Gasteiger partial charge on any atom is 0.206 e. The third-order valence-corrected chi connectivity index (χ3v) is 7.85.